The molecule has 0 saturated carbocycles. The van der Waals surface area contributed by atoms with Gasteiger partial charge in [0.2, 0.25) is 0 Å². The van der Waals surface area contributed by atoms with Gasteiger partial charge in [0.05, 0.1) is 18.5 Å². The van der Waals surface area contributed by atoms with Gasteiger partial charge >= 0.3 is 12.0 Å². The molecule has 35 heavy (non-hydrogen) atoms. The molecule has 1 heterocycles. The van der Waals surface area contributed by atoms with E-state index in [1.165, 1.54) is 31.4 Å². The minimum Gasteiger partial charge on any atom is -0.464 e. The number of benzene rings is 2. The van der Waals surface area contributed by atoms with Crippen molar-refractivity contribution in [2.24, 2.45) is 11.8 Å². The summed E-state index contributed by atoms with van der Waals surface area (Å²) in [5.74, 6) is -0.0182. The molecule has 0 fully saturated rings. The van der Waals surface area contributed by atoms with Crippen molar-refractivity contribution in [3.8, 4) is 5.69 Å². The van der Waals surface area contributed by atoms with E-state index < -0.39 is 12.0 Å². The Balaban J connectivity index is 2.00. The molecule has 8 heteroatoms. The van der Waals surface area contributed by atoms with Crippen LogP contribution in [0.25, 0.3) is 5.69 Å². The van der Waals surface area contributed by atoms with Crippen molar-refractivity contribution in [2.45, 2.75) is 27.7 Å². The number of rotatable bonds is 9. The summed E-state index contributed by atoms with van der Waals surface area (Å²) in [5, 5.41) is 5.69. The molecule has 0 saturated heterocycles. The van der Waals surface area contributed by atoms with Crippen molar-refractivity contribution in [3.05, 3.63) is 72.3 Å². The molecule has 0 unspecified atom stereocenters. The predicted molar refractivity (Wildman–Crippen MR) is 138 cm³/mol. The number of carbonyl (C=O) groups excluding carboxylic acids is 2. The van der Waals surface area contributed by atoms with Gasteiger partial charge in [-0.25, -0.2) is 14.0 Å². The standard InChI is InChI=1S/C27H33FN4O3/c1-18(2)16-31(17-19(3)4)24-13-12-22(32-14-6-7-25(32)26(33)35-5)15-23(24)30-27(34)29-21-10-8-20(28)9-11-21/h6-15,18-19H,16-17H2,1-5H3,(H2,29,30,34). The van der Waals surface area contributed by atoms with Gasteiger partial charge in [0.25, 0.3) is 0 Å². The van der Waals surface area contributed by atoms with Crippen LogP contribution in [0.15, 0.2) is 60.8 Å². The fourth-order valence-corrected chi connectivity index (χ4v) is 3.90. The maximum absolute atomic E-state index is 13.2. The van der Waals surface area contributed by atoms with Crippen LogP contribution >= 0.6 is 0 Å². The largest absolute Gasteiger partial charge is 0.464 e. The fraction of sp³-hybridized carbons (Fsp3) is 0.333. The SMILES string of the molecule is COC(=O)c1cccn1-c1ccc(N(CC(C)C)CC(C)C)c(NC(=O)Nc2ccc(F)cc2)c1. The van der Waals surface area contributed by atoms with Crippen molar-refractivity contribution in [2.75, 3.05) is 35.7 Å². The summed E-state index contributed by atoms with van der Waals surface area (Å²) >= 11 is 0. The maximum Gasteiger partial charge on any atom is 0.355 e. The highest BCUT2D eigenvalue weighted by atomic mass is 19.1. The van der Waals surface area contributed by atoms with Crippen LogP contribution in [0.5, 0.6) is 0 Å². The van der Waals surface area contributed by atoms with E-state index in [1.807, 2.05) is 18.2 Å². The van der Waals surface area contributed by atoms with Crippen LogP contribution in [0.4, 0.5) is 26.2 Å². The van der Waals surface area contributed by atoms with Gasteiger partial charge in [0, 0.05) is 30.7 Å². The Morgan fingerprint density at radius 3 is 2.23 bits per heavy atom. The average Bonchev–Trinajstić information content (AvgIpc) is 3.29. The number of urea groups is 1. The Morgan fingerprint density at radius 1 is 0.971 bits per heavy atom. The number of ether oxygens (including phenoxy) is 1. The molecule has 0 atom stereocenters. The molecule has 0 radical (unpaired) electrons. The zero-order chi connectivity index (χ0) is 25.5. The average molecular weight is 481 g/mol. The van der Waals surface area contributed by atoms with E-state index in [1.54, 1.807) is 22.9 Å². The molecular formula is C27H33FN4O3. The number of amides is 2. The van der Waals surface area contributed by atoms with Crippen molar-refractivity contribution in [3.63, 3.8) is 0 Å². The van der Waals surface area contributed by atoms with E-state index >= 15 is 0 Å². The number of nitrogens with zero attached hydrogens (tertiary/aromatic N) is 2. The number of carbonyl (C=O) groups is 2. The summed E-state index contributed by atoms with van der Waals surface area (Å²) < 4.78 is 19.9. The number of nitrogens with one attached hydrogen (secondary N) is 2. The third-order valence-corrected chi connectivity index (χ3v) is 5.26. The lowest BCUT2D eigenvalue weighted by molar-refractivity contribution is 0.0591. The van der Waals surface area contributed by atoms with Crippen molar-refractivity contribution >= 4 is 29.1 Å². The van der Waals surface area contributed by atoms with Crippen LogP contribution in [-0.4, -0.2) is 36.8 Å². The normalized spacial score (nSPS) is 11.0. The Kier molecular flexibility index (Phi) is 8.52. The van der Waals surface area contributed by atoms with E-state index in [4.69, 9.17) is 4.74 Å². The second kappa shape index (κ2) is 11.6. The molecular weight excluding hydrogens is 447 g/mol. The van der Waals surface area contributed by atoms with E-state index in [9.17, 15) is 14.0 Å². The van der Waals surface area contributed by atoms with Gasteiger partial charge in [-0.1, -0.05) is 27.7 Å². The summed E-state index contributed by atoms with van der Waals surface area (Å²) in [5.41, 5.74) is 3.01. The first-order chi connectivity index (χ1) is 16.7. The van der Waals surface area contributed by atoms with Gasteiger partial charge < -0.3 is 24.8 Å². The Morgan fingerprint density at radius 2 is 1.63 bits per heavy atom. The maximum atomic E-state index is 13.2. The molecule has 0 aliphatic heterocycles. The third-order valence-electron chi connectivity index (χ3n) is 5.26. The summed E-state index contributed by atoms with van der Waals surface area (Å²) in [6, 6.07) is 14.3. The van der Waals surface area contributed by atoms with Gasteiger partial charge in [-0.05, 0) is 66.4 Å². The summed E-state index contributed by atoms with van der Waals surface area (Å²) in [7, 11) is 1.34. The van der Waals surface area contributed by atoms with E-state index in [-0.39, 0.29) is 5.82 Å². The Labute approximate surface area is 205 Å². The number of aromatic nitrogens is 1. The molecule has 2 N–H and O–H groups in total. The molecule has 0 bridgehead atoms. The topological polar surface area (TPSA) is 75.6 Å². The van der Waals surface area contributed by atoms with Crippen molar-refractivity contribution in [1.82, 2.24) is 4.57 Å². The molecule has 0 aliphatic rings. The van der Waals surface area contributed by atoms with Crippen LogP contribution in [0.3, 0.4) is 0 Å². The molecule has 7 nitrogen and oxygen atoms in total. The smallest absolute Gasteiger partial charge is 0.355 e. The molecule has 1 aromatic heterocycles. The number of esters is 1. The fourth-order valence-electron chi connectivity index (χ4n) is 3.90. The molecule has 2 amide bonds. The summed E-state index contributed by atoms with van der Waals surface area (Å²) in [4.78, 5) is 27.4. The van der Waals surface area contributed by atoms with E-state index in [0.717, 1.165) is 18.8 Å². The lowest BCUT2D eigenvalue weighted by Crippen LogP contribution is -2.32. The molecule has 0 spiro atoms. The van der Waals surface area contributed by atoms with Crippen LogP contribution in [-0.2, 0) is 4.74 Å². The lowest BCUT2D eigenvalue weighted by atomic mass is 10.1. The number of hydrogen-bond donors (Lipinski definition) is 2. The third kappa shape index (κ3) is 6.85. The van der Waals surface area contributed by atoms with E-state index in [0.29, 0.717) is 34.6 Å². The highest BCUT2D eigenvalue weighted by Crippen LogP contribution is 2.31. The number of hydrogen-bond acceptors (Lipinski definition) is 4. The summed E-state index contributed by atoms with van der Waals surface area (Å²) in [6.07, 6.45) is 1.77. The second-order valence-corrected chi connectivity index (χ2v) is 9.24. The number of methoxy groups -OCH3 is 1. The van der Waals surface area contributed by atoms with Gasteiger partial charge in [-0.3, -0.25) is 0 Å². The second-order valence-electron chi connectivity index (χ2n) is 9.24. The van der Waals surface area contributed by atoms with Crippen molar-refractivity contribution < 1.29 is 18.7 Å². The number of anilines is 3. The zero-order valence-corrected chi connectivity index (χ0v) is 20.8. The first kappa shape index (κ1) is 25.8. The van der Waals surface area contributed by atoms with Gasteiger partial charge in [0.1, 0.15) is 11.5 Å². The zero-order valence-electron chi connectivity index (χ0n) is 20.8. The van der Waals surface area contributed by atoms with Gasteiger partial charge in [0.15, 0.2) is 0 Å². The Bertz CT molecular complexity index is 1150. The Hall–Kier alpha value is -3.81. The molecule has 186 valence electrons. The molecule has 2 aromatic carbocycles. The first-order valence-corrected chi connectivity index (χ1v) is 11.7. The molecule has 3 aromatic rings. The molecule has 3 rings (SSSR count). The number of halogens is 1. The minimum absolute atomic E-state index is 0.378. The first-order valence-electron chi connectivity index (χ1n) is 11.7. The highest BCUT2D eigenvalue weighted by molar-refractivity contribution is 6.02. The van der Waals surface area contributed by atoms with Gasteiger partial charge in [-0.2, -0.15) is 0 Å². The van der Waals surface area contributed by atoms with E-state index in [2.05, 4.69) is 43.2 Å². The van der Waals surface area contributed by atoms with Crippen LogP contribution in [0.1, 0.15) is 38.2 Å². The lowest BCUT2D eigenvalue weighted by Gasteiger charge is -2.31. The summed E-state index contributed by atoms with van der Waals surface area (Å²) in [6.45, 7) is 10.2. The quantitative estimate of drug-likeness (QED) is 0.359. The minimum atomic E-state index is -0.455. The van der Waals surface area contributed by atoms with Crippen LogP contribution in [0.2, 0.25) is 0 Å². The van der Waals surface area contributed by atoms with Crippen LogP contribution in [0, 0.1) is 17.7 Å². The highest BCUT2D eigenvalue weighted by Gasteiger charge is 2.19. The van der Waals surface area contributed by atoms with Crippen molar-refractivity contribution in [1.29, 1.82) is 0 Å². The molecule has 0 aliphatic carbocycles. The van der Waals surface area contributed by atoms with Gasteiger partial charge in [-0.15, -0.1) is 0 Å². The predicted octanol–water partition coefficient (Wildman–Crippen LogP) is 6.17. The monoisotopic (exact) mass is 480 g/mol. The van der Waals surface area contributed by atoms with Crippen LogP contribution < -0.4 is 15.5 Å².